The third kappa shape index (κ3) is 3.54. The molecular weight excluding hydrogens is 340 g/mol. The van der Waals surface area contributed by atoms with Crippen molar-refractivity contribution in [2.75, 3.05) is 26.3 Å². The maximum atomic E-state index is 13.2. The van der Waals surface area contributed by atoms with Gasteiger partial charge in [-0.2, -0.15) is 0 Å². The van der Waals surface area contributed by atoms with Crippen LogP contribution in [0.25, 0.3) is 10.9 Å². The summed E-state index contributed by atoms with van der Waals surface area (Å²) in [4.78, 5) is 18.5. The van der Waals surface area contributed by atoms with Crippen molar-refractivity contribution in [3.8, 4) is 0 Å². The fourth-order valence-corrected chi connectivity index (χ4v) is 3.79. The number of ether oxygens (including phenoxy) is 1. The van der Waals surface area contributed by atoms with Crippen molar-refractivity contribution in [2.24, 2.45) is 0 Å². The number of hydrogen-bond donors (Lipinski definition) is 2. The number of aliphatic hydroxyl groups excluding tert-OH is 1. The summed E-state index contributed by atoms with van der Waals surface area (Å²) in [7, 11) is 0. The molecule has 140 valence electrons. The van der Waals surface area contributed by atoms with E-state index in [9.17, 15) is 9.90 Å². The molecule has 0 spiro atoms. The Labute approximate surface area is 158 Å². The zero-order chi connectivity index (χ0) is 18.8. The lowest BCUT2D eigenvalue weighted by molar-refractivity contribution is -0.0172. The van der Waals surface area contributed by atoms with Crippen molar-refractivity contribution >= 4 is 16.7 Å². The van der Waals surface area contributed by atoms with Crippen LogP contribution in [-0.2, 0) is 4.74 Å². The third-order valence-electron chi connectivity index (χ3n) is 5.28. The van der Waals surface area contributed by atoms with Crippen LogP contribution in [0, 0.1) is 6.92 Å². The molecule has 5 heteroatoms. The Kier molecular flexibility index (Phi) is 5.07. The molecule has 0 saturated carbocycles. The number of nitrogens with one attached hydrogen (secondary N) is 1. The molecule has 3 aromatic rings. The quantitative estimate of drug-likeness (QED) is 0.683. The Hall–Kier alpha value is -2.47. The zero-order valence-corrected chi connectivity index (χ0v) is 15.4. The van der Waals surface area contributed by atoms with Crippen molar-refractivity contribution < 1.29 is 14.6 Å². The molecule has 0 unspecified atom stereocenters. The standard InChI is InChI=1S/C22H24N2O3/c1-15-6-8-16(9-7-15)20(24-10-12-27-13-11-24)22(26)21(25)18-14-23-19-5-3-2-4-17(18)19/h2-9,14,20,22-23,26H,10-13H2,1H3/t20-,22+/m0/s1. The molecule has 2 aromatic carbocycles. The smallest absolute Gasteiger partial charge is 0.195 e. The number of aliphatic hydroxyl groups is 1. The Balaban J connectivity index is 1.69. The van der Waals surface area contributed by atoms with E-state index in [4.69, 9.17) is 4.74 Å². The Morgan fingerprint density at radius 2 is 1.81 bits per heavy atom. The number of ketones is 1. The van der Waals surface area contributed by atoms with E-state index in [0.29, 0.717) is 31.9 Å². The predicted molar refractivity (Wildman–Crippen MR) is 105 cm³/mol. The van der Waals surface area contributed by atoms with Crippen molar-refractivity contribution in [3.05, 3.63) is 71.4 Å². The average molecular weight is 364 g/mol. The lowest BCUT2D eigenvalue weighted by Gasteiger charge is -2.37. The number of fused-ring (bicyclic) bond motifs is 1. The van der Waals surface area contributed by atoms with E-state index in [2.05, 4.69) is 9.88 Å². The first-order valence-corrected chi connectivity index (χ1v) is 9.32. The summed E-state index contributed by atoms with van der Waals surface area (Å²) >= 11 is 0. The minimum atomic E-state index is -1.15. The van der Waals surface area contributed by atoms with Crippen LogP contribution < -0.4 is 0 Å². The molecule has 1 aliphatic rings. The van der Waals surface area contributed by atoms with Crippen LogP contribution in [0.3, 0.4) is 0 Å². The number of H-pyrrole nitrogens is 1. The Morgan fingerprint density at radius 3 is 2.56 bits per heavy atom. The SMILES string of the molecule is Cc1ccc([C@@H]([C@@H](O)C(=O)c2c[nH]c3ccccc23)N2CCOCC2)cc1. The van der Waals surface area contributed by atoms with Gasteiger partial charge in [0, 0.05) is 35.8 Å². The second-order valence-corrected chi connectivity index (χ2v) is 7.06. The van der Waals surface area contributed by atoms with E-state index in [0.717, 1.165) is 22.0 Å². The van der Waals surface area contributed by atoms with Crippen LogP contribution in [0.5, 0.6) is 0 Å². The molecule has 0 amide bonds. The second kappa shape index (κ2) is 7.64. The summed E-state index contributed by atoms with van der Waals surface area (Å²) in [6, 6.07) is 15.3. The molecule has 1 aliphatic heterocycles. The summed E-state index contributed by atoms with van der Waals surface area (Å²) in [5.41, 5.74) is 3.52. The van der Waals surface area contributed by atoms with Crippen molar-refractivity contribution in [3.63, 3.8) is 0 Å². The van der Waals surface area contributed by atoms with Crippen LogP contribution >= 0.6 is 0 Å². The molecule has 0 aliphatic carbocycles. The zero-order valence-electron chi connectivity index (χ0n) is 15.4. The van der Waals surface area contributed by atoms with E-state index >= 15 is 0 Å². The van der Waals surface area contributed by atoms with Crippen LogP contribution in [0.4, 0.5) is 0 Å². The van der Waals surface area contributed by atoms with Crippen molar-refractivity contribution in [1.82, 2.24) is 9.88 Å². The van der Waals surface area contributed by atoms with E-state index in [1.54, 1.807) is 6.20 Å². The van der Waals surface area contributed by atoms with Gasteiger partial charge in [0.2, 0.25) is 0 Å². The van der Waals surface area contributed by atoms with Crippen molar-refractivity contribution in [2.45, 2.75) is 19.1 Å². The average Bonchev–Trinajstić information content (AvgIpc) is 3.14. The molecule has 1 aromatic heterocycles. The van der Waals surface area contributed by atoms with Crippen LogP contribution in [0.2, 0.25) is 0 Å². The predicted octanol–water partition coefficient (Wildman–Crippen LogP) is 3.09. The summed E-state index contributed by atoms with van der Waals surface area (Å²) < 4.78 is 5.46. The number of aromatic nitrogens is 1. The van der Waals surface area contributed by atoms with E-state index in [-0.39, 0.29) is 5.78 Å². The van der Waals surface area contributed by atoms with Gasteiger partial charge in [-0.3, -0.25) is 9.69 Å². The molecule has 0 bridgehead atoms. The van der Waals surface area contributed by atoms with E-state index in [1.165, 1.54) is 0 Å². The highest BCUT2D eigenvalue weighted by molar-refractivity contribution is 6.10. The van der Waals surface area contributed by atoms with Gasteiger partial charge in [0.15, 0.2) is 5.78 Å². The first-order valence-electron chi connectivity index (χ1n) is 9.32. The maximum absolute atomic E-state index is 13.2. The molecule has 27 heavy (non-hydrogen) atoms. The molecule has 1 saturated heterocycles. The van der Waals surface area contributed by atoms with Gasteiger partial charge in [0.1, 0.15) is 6.10 Å². The fraction of sp³-hybridized carbons (Fsp3) is 0.318. The fourth-order valence-electron chi connectivity index (χ4n) is 3.79. The van der Waals surface area contributed by atoms with Gasteiger partial charge >= 0.3 is 0 Å². The van der Waals surface area contributed by atoms with Gasteiger partial charge in [-0.1, -0.05) is 48.0 Å². The number of para-hydroxylation sites is 1. The van der Waals surface area contributed by atoms with Gasteiger partial charge in [-0.05, 0) is 18.6 Å². The summed E-state index contributed by atoms with van der Waals surface area (Å²) in [6.07, 6.45) is 0.548. The lowest BCUT2D eigenvalue weighted by Crippen LogP contribution is -2.46. The van der Waals surface area contributed by atoms with Crippen LogP contribution in [0.1, 0.15) is 27.5 Å². The molecule has 0 radical (unpaired) electrons. The van der Waals surface area contributed by atoms with Gasteiger partial charge in [0.05, 0.1) is 19.3 Å². The van der Waals surface area contributed by atoms with Crippen LogP contribution in [0.15, 0.2) is 54.7 Å². The minimum absolute atomic E-state index is 0.260. The number of carbonyl (C=O) groups is 1. The third-order valence-corrected chi connectivity index (χ3v) is 5.28. The number of aryl methyl sites for hydroxylation is 1. The lowest BCUT2D eigenvalue weighted by atomic mass is 9.92. The number of benzene rings is 2. The van der Waals surface area contributed by atoms with E-state index < -0.39 is 12.1 Å². The highest BCUT2D eigenvalue weighted by Crippen LogP contribution is 2.29. The Bertz CT molecular complexity index is 926. The number of carbonyl (C=O) groups excluding carboxylic acids is 1. The largest absolute Gasteiger partial charge is 0.383 e. The van der Waals surface area contributed by atoms with E-state index in [1.807, 2.05) is 55.5 Å². The van der Waals surface area contributed by atoms with Crippen molar-refractivity contribution in [1.29, 1.82) is 0 Å². The highest BCUT2D eigenvalue weighted by atomic mass is 16.5. The maximum Gasteiger partial charge on any atom is 0.195 e. The summed E-state index contributed by atoms with van der Waals surface area (Å²) in [5.74, 6) is -0.260. The number of aromatic amines is 1. The summed E-state index contributed by atoms with van der Waals surface area (Å²) in [5, 5.41) is 12.0. The topological polar surface area (TPSA) is 65.6 Å². The van der Waals surface area contributed by atoms with Gasteiger partial charge in [0.25, 0.3) is 0 Å². The van der Waals surface area contributed by atoms with Crippen LogP contribution in [-0.4, -0.2) is 53.2 Å². The number of morpholine rings is 1. The van der Waals surface area contributed by atoms with Gasteiger partial charge in [-0.15, -0.1) is 0 Å². The van der Waals surface area contributed by atoms with Gasteiger partial charge in [-0.25, -0.2) is 0 Å². The molecule has 2 heterocycles. The molecule has 1 fully saturated rings. The van der Waals surface area contributed by atoms with Gasteiger partial charge < -0.3 is 14.8 Å². The minimum Gasteiger partial charge on any atom is -0.383 e. The highest BCUT2D eigenvalue weighted by Gasteiger charge is 2.34. The number of rotatable bonds is 5. The normalized spacial score (nSPS) is 17.7. The number of nitrogens with zero attached hydrogens (tertiary/aromatic N) is 1. The molecule has 4 rings (SSSR count). The number of Topliss-reactive ketones (excluding diaryl/α,β-unsaturated/α-hetero) is 1. The molecule has 2 atom stereocenters. The molecular formula is C22H24N2O3. The summed E-state index contributed by atoms with van der Waals surface area (Å²) in [6.45, 7) is 4.63. The molecule has 5 nitrogen and oxygen atoms in total. The number of hydrogen-bond acceptors (Lipinski definition) is 4. The first kappa shape index (κ1) is 17.9. The molecule has 2 N–H and O–H groups in total. The second-order valence-electron chi connectivity index (χ2n) is 7.06. The first-order chi connectivity index (χ1) is 13.1. The Morgan fingerprint density at radius 1 is 1.11 bits per heavy atom. The monoisotopic (exact) mass is 364 g/mol.